The molecule has 0 radical (unpaired) electrons. The first kappa shape index (κ1) is 21.1. The Labute approximate surface area is 172 Å². The van der Waals surface area contributed by atoms with Gasteiger partial charge in [0, 0.05) is 12.7 Å². The van der Waals surface area contributed by atoms with Gasteiger partial charge in [-0.25, -0.2) is 0 Å². The van der Waals surface area contributed by atoms with Gasteiger partial charge in [0.05, 0.1) is 12.2 Å². The number of hydrogen-bond donors (Lipinski definition) is 0. The molecule has 0 heterocycles. The van der Waals surface area contributed by atoms with Crippen molar-refractivity contribution in [3.8, 4) is 6.07 Å². The first-order valence-corrected chi connectivity index (χ1v) is 11.5. The molecule has 0 aliphatic heterocycles. The molecule has 1 aromatic rings. The molecule has 152 valence electrons. The maximum atomic E-state index is 8.66. The van der Waals surface area contributed by atoms with E-state index in [0.29, 0.717) is 12.0 Å². The molecule has 2 aliphatic rings. The van der Waals surface area contributed by atoms with Crippen LogP contribution < -0.4 is 0 Å². The van der Waals surface area contributed by atoms with E-state index in [1.807, 2.05) is 0 Å². The number of aryl methyl sites for hydroxylation is 1. The van der Waals surface area contributed by atoms with Crippen LogP contribution in [0.4, 0.5) is 0 Å². The molecule has 0 saturated heterocycles. The van der Waals surface area contributed by atoms with Crippen LogP contribution in [0.3, 0.4) is 0 Å². The van der Waals surface area contributed by atoms with Crippen molar-refractivity contribution in [3.05, 3.63) is 47.5 Å². The van der Waals surface area contributed by atoms with Gasteiger partial charge in [0.1, 0.15) is 0 Å². The van der Waals surface area contributed by atoms with E-state index < -0.39 is 0 Å². The predicted molar refractivity (Wildman–Crippen MR) is 116 cm³/mol. The summed E-state index contributed by atoms with van der Waals surface area (Å²) in [5.41, 5.74) is 3.02. The van der Waals surface area contributed by atoms with E-state index in [-0.39, 0.29) is 0 Å². The van der Waals surface area contributed by atoms with E-state index in [9.17, 15) is 0 Å². The molecule has 2 saturated carbocycles. The van der Waals surface area contributed by atoms with Crippen molar-refractivity contribution >= 4 is 0 Å². The summed E-state index contributed by atoms with van der Waals surface area (Å²) in [5.74, 6) is 2.06. The third kappa shape index (κ3) is 6.49. The summed E-state index contributed by atoms with van der Waals surface area (Å²) >= 11 is 0. The average molecular weight is 380 g/mol. The topological polar surface area (TPSA) is 33.0 Å². The Bertz CT molecular complexity index is 625. The van der Waals surface area contributed by atoms with Gasteiger partial charge in [-0.15, -0.1) is 0 Å². The monoisotopic (exact) mass is 379 g/mol. The summed E-state index contributed by atoms with van der Waals surface area (Å²) in [6, 6.07) is 11.5. The number of nitrogens with zero attached hydrogens (tertiary/aromatic N) is 1. The van der Waals surface area contributed by atoms with Gasteiger partial charge in [-0.2, -0.15) is 5.26 Å². The van der Waals surface area contributed by atoms with Gasteiger partial charge in [-0.3, -0.25) is 0 Å². The molecule has 0 aromatic heterocycles. The number of rotatable bonds is 8. The normalized spacial score (nSPS) is 28.3. The molecule has 0 N–H and O–H groups in total. The molecule has 3 rings (SSSR count). The zero-order valence-corrected chi connectivity index (χ0v) is 17.6. The molecule has 0 unspecified atom stereocenters. The molecule has 0 bridgehead atoms. The lowest BCUT2D eigenvalue weighted by atomic mass is 9.81. The second-order valence-electron chi connectivity index (χ2n) is 8.92. The van der Waals surface area contributed by atoms with E-state index in [1.54, 1.807) is 6.08 Å². The van der Waals surface area contributed by atoms with Crippen molar-refractivity contribution in [2.24, 2.45) is 11.8 Å². The second kappa shape index (κ2) is 11.4. The quantitative estimate of drug-likeness (QED) is 0.457. The van der Waals surface area contributed by atoms with Gasteiger partial charge in [0.15, 0.2) is 0 Å². The zero-order valence-electron chi connectivity index (χ0n) is 17.6. The lowest BCUT2D eigenvalue weighted by molar-refractivity contribution is -0.00337. The summed E-state index contributed by atoms with van der Waals surface area (Å²) in [7, 11) is 0. The number of benzene rings is 1. The first-order chi connectivity index (χ1) is 13.8. The van der Waals surface area contributed by atoms with Crippen molar-refractivity contribution in [1.82, 2.24) is 0 Å². The minimum atomic E-state index is 0.469. The number of hydrogen-bond acceptors (Lipinski definition) is 2. The van der Waals surface area contributed by atoms with E-state index in [4.69, 9.17) is 10.00 Å². The predicted octanol–water partition coefficient (Wildman–Crippen LogP) is 6.96. The van der Waals surface area contributed by atoms with Crippen molar-refractivity contribution in [2.45, 2.75) is 89.6 Å². The molecular weight excluding hydrogens is 342 g/mol. The minimum Gasteiger partial charge on any atom is -0.378 e. The molecule has 0 spiro atoms. The number of nitriles is 1. The molecule has 0 atom stereocenters. The maximum Gasteiger partial charge on any atom is 0.0908 e. The highest BCUT2D eigenvalue weighted by atomic mass is 16.5. The van der Waals surface area contributed by atoms with Crippen LogP contribution in [0.5, 0.6) is 0 Å². The Kier molecular flexibility index (Phi) is 8.62. The van der Waals surface area contributed by atoms with Crippen LogP contribution in [0.15, 0.2) is 36.4 Å². The van der Waals surface area contributed by atoms with Gasteiger partial charge in [0.2, 0.25) is 0 Å². The van der Waals surface area contributed by atoms with Gasteiger partial charge in [0.25, 0.3) is 0 Å². The average Bonchev–Trinajstić information content (AvgIpc) is 2.76. The lowest BCUT2D eigenvalue weighted by Gasteiger charge is -2.32. The van der Waals surface area contributed by atoms with Crippen LogP contribution in [0.25, 0.3) is 0 Å². The first-order valence-electron chi connectivity index (χ1n) is 11.5. The van der Waals surface area contributed by atoms with Gasteiger partial charge < -0.3 is 4.74 Å². The zero-order chi connectivity index (χ0) is 19.6. The van der Waals surface area contributed by atoms with E-state index >= 15 is 0 Å². The Morgan fingerprint density at radius 3 is 2.36 bits per heavy atom. The summed E-state index contributed by atoms with van der Waals surface area (Å²) in [6.45, 7) is 3.20. The Hall–Kier alpha value is -1.59. The van der Waals surface area contributed by atoms with Crippen molar-refractivity contribution in [3.63, 3.8) is 0 Å². The number of ether oxygens (including phenoxy) is 1. The minimum absolute atomic E-state index is 0.469. The second-order valence-corrected chi connectivity index (χ2v) is 8.92. The standard InChI is InChI=1S/C26H37NO/c1-2-3-5-21-11-13-24(14-12-21)25-15-17-26(18-16-25)28-20-23-9-7-22(8-10-23)6-4-19-27/h4,6,11-14,22-23,25-26H,2-3,5,7-10,15-18,20H2,1H3/t22-,23-,25-,26-. The highest BCUT2D eigenvalue weighted by molar-refractivity contribution is 5.26. The van der Waals surface area contributed by atoms with Crippen molar-refractivity contribution in [2.75, 3.05) is 6.61 Å². The van der Waals surface area contributed by atoms with Crippen LogP contribution in [-0.4, -0.2) is 12.7 Å². The molecular formula is C26H37NO. The van der Waals surface area contributed by atoms with Gasteiger partial charge in [-0.05, 0) is 93.1 Å². The number of unbranched alkanes of at least 4 members (excludes halogenated alkanes) is 1. The largest absolute Gasteiger partial charge is 0.378 e. The van der Waals surface area contributed by atoms with Crippen molar-refractivity contribution < 1.29 is 4.74 Å². The molecule has 0 amide bonds. The SMILES string of the molecule is CCCCc1ccc([C@H]2CC[C@H](OC[C@H]3CC[C@H](C=CC#N)CC3)CC2)cc1. The van der Waals surface area contributed by atoms with Gasteiger partial charge >= 0.3 is 0 Å². The van der Waals surface area contributed by atoms with E-state index in [2.05, 4.69) is 43.3 Å². The molecule has 1 aromatic carbocycles. The van der Waals surface area contributed by atoms with E-state index in [1.165, 1.54) is 81.8 Å². The fourth-order valence-corrected chi connectivity index (χ4v) is 4.90. The molecule has 2 fully saturated rings. The fraction of sp³-hybridized carbons (Fsp3) is 0.654. The third-order valence-electron chi connectivity index (χ3n) is 6.85. The van der Waals surface area contributed by atoms with Crippen LogP contribution in [0.2, 0.25) is 0 Å². The van der Waals surface area contributed by atoms with Crippen LogP contribution in [0.1, 0.15) is 88.2 Å². The maximum absolute atomic E-state index is 8.66. The Morgan fingerprint density at radius 1 is 1.00 bits per heavy atom. The Balaban J connectivity index is 1.34. The molecule has 28 heavy (non-hydrogen) atoms. The van der Waals surface area contributed by atoms with Crippen molar-refractivity contribution in [1.29, 1.82) is 5.26 Å². The lowest BCUT2D eigenvalue weighted by Crippen LogP contribution is -2.25. The van der Waals surface area contributed by atoms with Crippen LogP contribution in [0, 0.1) is 23.2 Å². The van der Waals surface area contributed by atoms with Crippen LogP contribution >= 0.6 is 0 Å². The summed E-state index contributed by atoms with van der Waals surface area (Å²) in [6.07, 6.45) is 17.9. The molecule has 2 nitrogen and oxygen atoms in total. The van der Waals surface area contributed by atoms with E-state index in [0.717, 1.165) is 18.4 Å². The highest BCUT2D eigenvalue weighted by Gasteiger charge is 2.25. The van der Waals surface area contributed by atoms with Crippen LogP contribution in [-0.2, 0) is 11.2 Å². The third-order valence-corrected chi connectivity index (χ3v) is 6.85. The molecule has 2 heteroatoms. The summed E-state index contributed by atoms with van der Waals surface area (Å²) in [5, 5.41) is 8.66. The van der Waals surface area contributed by atoms with Gasteiger partial charge in [-0.1, -0.05) is 43.7 Å². The molecule has 2 aliphatic carbocycles. The smallest absolute Gasteiger partial charge is 0.0908 e. The summed E-state index contributed by atoms with van der Waals surface area (Å²) in [4.78, 5) is 0. The Morgan fingerprint density at radius 2 is 1.71 bits per heavy atom. The number of allylic oxidation sites excluding steroid dienone is 2. The fourth-order valence-electron chi connectivity index (χ4n) is 4.90. The summed E-state index contributed by atoms with van der Waals surface area (Å²) < 4.78 is 6.32. The highest BCUT2D eigenvalue weighted by Crippen LogP contribution is 2.35.